The number of rotatable bonds is 3. The molecule has 0 aliphatic rings. The largest absolute Gasteiger partial charge is 0.501 e. The Labute approximate surface area is 350 Å². The molecule has 0 saturated heterocycles. The molecule has 0 unspecified atom stereocenters. The molecule has 0 aliphatic carbocycles. The summed E-state index contributed by atoms with van der Waals surface area (Å²) in [5.74, 6) is 0. The first-order valence-electron chi connectivity index (χ1n) is 18.9. The molecule has 58 heavy (non-hydrogen) atoms. The average Bonchev–Trinajstić information content (AvgIpc) is 3.66. The van der Waals surface area contributed by atoms with Gasteiger partial charge >= 0.3 is 0 Å². The molecular formula is C52H36IrN4O-2. The zero-order chi connectivity index (χ0) is 38.6. The van der Waals surface area contributed by atoms with Crippen molar-refractivity contribution in [3.05, 3.63) is 206 Å². The van der Waals surface area contributed by atoms with Gasteiger partial charge in [-0.3, -0.25) is 9.97 Å². The topological polar surface area (TPSA) is 64.7 Å². The molecule has 0 saturated carbocycles. The Bertz CT molecular complexity index is 3090. The van der Waals surface area contributed by atoms with Crippen molar-refractivity contribution < 1.29 is 24.5 Å². The van der Waals surface area contributed by atoms with E-state index in [1.807, 2.05) is 91.1 Å². The molecule has 6 heteroatoms. The van der Waals surface area contributed by atoms with E-state index >= 15 is 0 Å². The van der Waals surface area contributed by atoms with Gasteiger partial charge < -0.3 is 14.4 Å². The van der Waals surface area contributed by atoms with E-state index in [4.69, 9.17) is 9.40 Å². The third-order valence-corrected chi connectivity index (χ3v) is 9.92. The molecule has 1 radical (unpaired) electrons. The number of para-hydroxylation sites is 1. The maximum atomic E-state index is 5.97. The number of pyridine rings is 4. The summed E-state index contributed by atoms with van der Waals surface area (Å²) in [6.07, 6.45) is 7.23. The van der Waals surface area contributed by atoms with Gasteiger partial charge in [-0.25, -0.2) is 0 Å². The summed E-state index contributed by atoms with van der Waals surface area (Å²) in [6.45, 7) is 4.21. The molecule has 5 nitrogen and oxygen atoms in total. The fourth-order valence-electron chi connectivity index (χ4n) is 7.41. The number of nitrogens with zero attached hydrogens (tertiary/aromatic N) is 4. The number of aromatic nitrogens is 4. The molecular weight excluding hydrogens is 889 g/mol. The molecule has 0 bridgehead atoms. The van der Waals surface area contributed by atoms with Crippen molar-refractivity contribution in [3.63, 3.8) is 0 Å². The van der Waals surface area contributed by atoms with Crippen LogP contribution in [0.25, 0.3) is 88.2 Å². The molecule has 0 atom stereocenters. The van der Waals surface area contributed by atoms with Crippen LogP contribution in [0.3, 0.4) is 0 Å². The SMILES string of the molecule is Cc1[c-]c(-c2nccc3c2ccc2c4ccccc4ccc32)cc(C)c1.[Ir].[c-]1ccc2c(oc3ccccc32)c1-c1ccccn1.c1ccc(-c2ccccn2)nc1. The van der Waals surface area contributed by atoms with E-state index in [1.165, 1.54) is 37.9 Å². The van der Waals surface area contributed by atoms with E-state index in [9.17, 15) is 0 Å². The summed E-state index contributed by atoms with van der Waals surface area (Å²) in [6, 6.07) is 60.0. The molecule has 5 heterocycles. The van der Waals surface area contributed by atoms with Crippen LogP contribution in [0.5, 0.6) is 0 Å². The summed E-state index contributed by atoms with van der Waals surface area (Å²) in [7, 11) is 0. The molecule has 11 rings (SSSR count). The van der Waals surface area contributed by atoms with Gasteiger partial charge in [-0.05, 0) is 86.2 Å². The minimum Gasteiger partial charge on any atom is -0.501 e. The number of hydrogen-bond acceptors (Lipinski definition) is 5. The summed E-state index contributed by atoms with van der Waals surface area (Å²) in [5.41, 5.74) is 9.82. The maximum Gasteiger partial charge on any atom is 0.120 e. The first kappa shape index (κ1) is 38.0. The molecule has 0 fully saturated rings. The number of furan rings is 1. The Balaban J connectivity index is 0.000000129. The van der Waals surface area contributed by atoms with E-state index in [1.54, 1.807) is 18.6 Å². The smallest absolute Gasteiger partial charge is 0.120 e. The third-order valence-electron chi connectivity index (χ3n) is 9.92. The monoisotopic (exact) mass is 925 g/mol. The normalized spacial score (nSPS) is 10.8. The van der Waals surface area contributed by atoms with Gasteiger partial charge in [0.2, 0.25) is 0 Å². The van der Waals surface area contributed by atoms with Crippen LogP contribution in [0.4, 0.5) is 0 Å². The third kappa shape index (κ3) is 7.76. The summed E-state index contributed by atoms with van der Waals surface area (Å²) in [5, 5.41) is 9.78. The van der Waals surface area contributed by atoms with Crippen molar-refractivity contribution in [2.75, 3.05) is 0 Å². The van der Waals surface area contributed by atoms with Gasteiger partial charge in [0.15, 0.2) is 0 Å². The predicted molar refractivity (Wildman–Crippen MR) is 234 cm³/mol. The first-order chi connectivity index (χ1) is 28.1. The van der Waals surface area contributed by atoms with Gasteiger partial charge in [-0.2, -0.15) is 0 Å². The Hall–Kier alpha value is -6.85. The Morgan fingerprint density at radius 1 is 0.466 bits per heavy atom. The Morgan fingerprint density at radius 2 is 1.07 bits per heavy atom. The molecule has 6 aromatic carbocycles. The molecule has 0 aliphatic heterocycles. The van der Waals surface area contributed by atoms with Crippen LogP contribution in [0.1, 0.15) is 11.1 Å². The summed E-state index contributed by atoms with van der Waals surface area (Å²) < 4.78 is 5.97. The predicted octanol–water partition coefficient (Wildman–Crippen LogP) is 13.2. The quantitative estimate of drug-likeness (QED) is 0.130. The molecule has 0 spiro atoms. The zero-order valence-corrected chi connectivity index (χ0v) is 34.2. The van der Waals surface area contributed by atoms with E-state index in [0.29, 0.717) is 0 Å². The number of hydrogen-bond donors (Lipinski definition) is 0. The summed E-state index contributed by atoms with van der Waals surface area (Å²) in [4.78, 5) is 17.4. The number of fused-ring (bicyclic) bond motifs is 8. The first-order valence-corrected chi connectivity index (χ1v) is 18.9. The second-order valence-electron chi connectivity index (χ2n) is 13.8. The van der Waals surface area contributed by atoms with Gasteiger partial charge in [0.1, 0.15) is 5.58 Å². The van der Waals surface area contributed by atoms with Gasteiger partial charge in [-0.1, -0.05) is 116 Å². The van der Waals surface area contributed by atoms with Crippen LogP contribution in [0.2, 0.25) is 0 Å². The second-order valence-corrected chi connectivity index (χ2v) is 13.8. The van der Waals surface area contributed by atoms with E-state index in [2.05, 4.69) is 114 Å². The number of aryl methyl sites for hydroxylation is 2. The second kappa shape index (κ2) is 17.1. The fraction of sp³-hybridized carbons (Fsp3) is 0.0385. The minimum absolute atomic E-state index is 0. The van der Waals surface area contributed by atoms with Crippen molar-refractivity contribution in [3.8, 4) is 33.9 Å². The standard InChI is InChI=1S/C25H18N.C17H10NO.C10H8N2.Ir/c1-16-13-17(2)15-19(14-16)25-24-10-9-21-20-6-4-3-5-18(20)7-8-22(21)23(24)11-12-26-25;1-2-10-16-12(6-1)13-7-5-8-14(17(13)19-16)15-9-3-4-11-18-15;1-3-7-11-9(5-1)10-6-2-4-8-12-10;/h3-14H,1-2H3;1-7,9-11H;1-8H;/q2*-1;;. The minimum atomic E-state index is 0. The van der Waals surface area contributed by atoms with Gasteiger partial charge in [-0.15, -0.1) is 53.1 Å². The maximum absolute atomic E-state index is 5.97. The van der Waals surface area contributed by atoms with Crippen LogP contribution in [0.15, 0.2) is 187 Å². The molecule has 281 valence electrons. The molecule has 5 aromatic heterocycles. The number of benzene rings is 6. The van der Waals surface area contributed by atoms with Crippen LogP contribution in [-0.2, 0) is 20.1 Å². The van der Waals surface area contributed by atoms with Crippen LogP contribution >= 0.6 is 0 Å². The fourth-order valence-corrected chi connectivity index (χ4v) is 7.41. The van der Waals surface area contributed by atoms with Crippen molar-refractivity contribution >= 4 is 54.3 Å². The van der Waals surface area contributed by atoms with Crippen molar-refractivity contribution in [2.45, 2.75) is 13.8 Å². The van der Waals surface area contributed by atoms with Crippen LogP contribution in [-0.4, -0.2) is 19.9 Å². The Kier molecular flexibility index (Phi) is 11.2. The van der Waals surface area contributed by atoms with Crippen LogP contribution < -0.4 is 0 Å². The van der Waals surface area contributed by atoms with E-state index < -0.39 is 0 Å². The average molecular weight is 925 g/mol. The van der Waals surface area contributed by atoms with Crippen molar-refractivity contribution in [1.82, 2.24) is 19.9 Å². The molecule has 11 aromatic rings. The molecule has 0 amide bonds. The van der Waals surface area contributed by atoms with E-state index in [0.717, 1.165) is 61.4 Å². The van der Waals surface area contributed by atoms with Crippen molar-refractivity contribution in [2.24, 2.45) is 0 Å². The summed E-state index contributed by atoms with van der Waals surface area (Å²) >= 11 is 0. The van der Waals surface area contributed by atoms with Gasteiger partial charge in [0, 0.05) is 50.3 Å². The van der Waals surface area contributed by atoms with Crippen LogP contribution in [0, 0.1) is 26.0 Å². The van der Waals surface area contributed by atoms with Crippen molar-refractivity contribution in [1.29, 1.82) is 0 Å². The Morgan fingerprint density at radius 3 is 1.78 bits per heavy atom. The van der Waals surface area contributed by atoms with E-state index in [-0.39, 0.29) is 20.1 Å². The van der Waals surface area contributed by atoms with Gasteiger partial charge in [0.25, 0.3) is 0 Å². The van der Waals surface area contributed by atoms with Gasteiger partial charge in [0.05, 0.1) is 17.0 Å². The molecule has 0 N–H and O–H groups in total. The zero-order valence-electron chi connectivity index (χ0n) is 31.9.